The smallest absolute Gasteiger partial charge is 0.307 e. The molecule has 3 N–H and O–H groups in total. The largest absolute Gasteiger partial charge is 0.481 e. The molecule has 0 aliphatic rings. The molecule has 0 aromatic heterocycles. The van der Waals surface area contributed by atoms with E-state index in [0.717, 1.165) is 11.1 Å². The van der Waals surface area contributed by atoms with Crippen molar-refractivity contribution in [1.29, 1.82) is 0 Å². The van der Waals surface area contributed by atoms with Crippen molar-refractivity contribution < 1.29 is 18.3 Å². The molecule has 0 atom stereocenters. The van der Waals surface area contributed by atoms with Crippen LogP contribution in [-0.2, 0) is 21.2 Å². The summed E-state index contributed by atoms with van der Waals surface area (Å²) in [7, 11) is -3.70. The van der Waals surface area contributed by atoms with Crippen LogP contribution in [0.2, 0.25) is 0 Å². The monoisotopic (exact) mass is 291 g/mol. The molecule has 104 valence electrons. The maximum Gasteiger partial charge on any atom is 0.307 e. The summed E-state index contributed by atoms with van der Waals surface area (Å²) in [5.41, 5.74) is 2.31. The lowest BCUT2D eigenvalue weighted by Crippen LogP contribution is -2.11. The summed E-state index contributed by atoms with van der Waals surface area (Å²) in [5.74, 6) is -0.897. The molecule has 0 saturated heterocycles. The first-order valence-electron chi connectivity index (χ1n) is 5.80. The minimum absolute atomic E-state index is 0.0444. The van der Waals surface area contributed by atoms with Crippen molar-refractivity contribution in [2.24, 2.45) is 5.14 Å². The maximum atomic E-state index is 11.2. The second-order valence-corrected chi connectivity index (χ2v) is 5.90. The van der Waals surface area contributed by atoms with Gasteiger partial charge < -0.3 is 5.11 Å². The Morgan fingerprint density at radius 2 is 1.70 bits per heavy atom. The minimum atomic E-state index is -3.70. The molecule has 2 aromatic carbocycles. The number of nitrogens with two attached hydrogens (primary N) is 1. The number of hydrogen-bond donors (Lipinski definition) is 2. The first-order chi connectivity index (χ1) is 9.36. The van der Waals surface area contributed by atoms with Crippen LogP contribution in [-0.4, -0.2) is 19.5 Å². The summed E-state index contributed by atoms with van der Waals surface area (Å²) < 4.78 is 22.3. The third-order valence-corrected chi connectivity index (χ3v) is 3.73. The van der Waals surface area contributed by atoms with Gasteiger partial charge in [0.25, 0.3) is 0 Å². The number of carboxylic acid groups (broad SMARTS) is 1. The molecule has 6 heteroatoms. The summed E-state index contributed by atoms with van der Waals surface area (Å²) >= 11 is 0. The molecule has 0 unspecified atom stereocenters. The Balaban J connectivity index is 2.34. The van der Waals surface area contributed by atoms with Gasteiger partial charge in [-0.15, -0.1) is 0 Å². The molecule has 2 rings (SSSR count). The van der Waals surface area contributed by atoms with E-state index >= 15 is 0 Å². The summed E-state index contributed by atoms with van der Waals surface area (Å²) in [6.45, 7) is 0. The third kappa shape index (κ3) is 3.43. The van der Waals surface area contributed by atoms with Gasteiger partial charge in [-0.1, -0.05) is 36.4 Å². The number of hydrogen-bond acceptors (Lipinski definition) is 3. The lowest BCUT2D eigenvalue weighted by molar-refractivity contribution is -0.136. The normalized spacial score (nSPS) is 11.2. The van der Waals surface area contributed by atoms with Gasteiger partial charge in [-0.05, 0) is 28.8 Å². The van der Waals surface area contributed by atoms with Gasteiger partial charge in [0.2, 0.25) is 10.0 Å². The first-order valence-corrected chi connectivity index (χ1v) is 7.35. The maximum absolute atomic E-state index is 11.2. The first kappa shape index (κ1) is 14.2. The van der Waals surface area contributed by atoms with E-state index < -0.39 is 16.0 Å². The van der Waals surface area contributed by atoms with Gasteiger partial charge >= 0.3 is 5.97 Å². The van der Waals surface area contributed by atoms with Gasteiger partial charge in [0.05, 0.1) is 11.3 Å². The molecular formula is C14H13NO4S. The fraction of sp³-hybridized carbons (Fsp3) is 0.0714. The van der Waals surface area contributed by atoms with E-state index in [4.69, 9.17) is 10.2 Å². The van der Waals surface area contributed by atoms with E-state index in [9.17, 15) is 13.2 Å². The molecular weight excluding hydrogens is 278 g/mol. The predicted octanol–water partition coefficient (Wildman–Crippen LogP) is 1.63. The van der Waals surface area contributed by atoms with Crippen LogP contribution >= 0.6 is 0 Å². The highest BCUT2D eigenvalue weighted by Gasteiger charge is 2.08. The van der Waals surface area contributed by atoms with Crippen molar-refractivity contribution in [2.45, 2.75) is 11.3 Å². The van der Waals surface area contributed by atoms with E-state index in [1.54, 1.807) is 30.3 Å². The highest BCUT2D eigenvalue weighted by atomic mass is 32.2. The van der Waals surface area contributed by atoms with Crippen LogP contribution in [0.15, 0.2) is 53.4 Å². The van der Waals surface area contributed by atoms with Crippen LogP contribution < -0.4 is 5.14 Å². The van der Waals surface area contributed by atoms with Crippen LogP contribution in [0.25, 0.3) is 11.1 Å². The lowest BCUT2D eigenvalue weighted by atomic mass is 10.0. The number of benzene rings is 2. The molecule has 0 aliphatic heterocycles. The van der Waals surface area contributed by atoms with Crippen LogP contribution in [0.1, 0.15) is 5.56 Å². The molecule has 0 aliphatic carbocycles. The standard InChI is InChI=1S/C14H13NO4S/c15-20(18,19)13-6-4-11(5-7-13)12-3-1-2-10(8-12)9-14(16)17/h1-8H,9H2,(H,16,17)(H2,15,18,19). The van der Waals surface area contributed by atoms with Crippen molar-refractivity contribution in [3.8, 4) is 11.1 Å². The highest BCUT2D eigenvalue weighted by molar-refractivity contribution is 7.89. The van der Waals surface area contributed by atoms with Crippen LogP contribution in [0.5, 0.6) is 0 Å². The number of carboxylic acids is 1. The van der Waals surface area contributed by atoms with Gasteiger partial charge in [-0.25, -0.2) is 13.6 Å². The molecule has 0 bridgehead atoms. The zero-order valence-electron chi connectivity index (χ0n) is 10.5. The Hall–Kier alpha value is -2.18. The molecule has 0 spiro atoms. The van der Waals surface area contributed by atoms with E-state index in [1.807, 2.05) is 6.07 Å². The van der Waals surface area contributed by atoms with Crippen molar-refractivity contribution in [3.63, 3.8) is 0 Å². The summed E-state index contributed by atoms with van der Waals surface area (Å²) in [6, 6.07) is 13.2. The van der Waals surface area contributed by atoms with Gasteiger partial charge in [-0.3, -0.25) is 4.79 Å². The van der Waals surface area contributed by atoms with Gasteiger partial charge in [0.1, 0.15) is 0 Å². The Bertz CT molecular complexity index is 736. The quantitative estimate of drug-likeness (QED) is 0.894. The van der Waals surface area contributed by atoms with Gasteiger partial charge in [-0.2, -0.15) is 0 Å². The molecule has 2 aromatic rings. The van der Waals surface area contributed by atoms with Crippen LogP contribution in [0, 0.1) is 0 Å². The summed E-state index contributed by atoms with van der Waals surface area (Å²) in [4.78, 5) is 10.7. The van der Waals surface area contributed by atoms with E-state index in [0.29, 0.717) is 5.56 Å². The van der Waals surface area contributed by atoms with Crippen molar-refractivity contribution in [3.05, 3.63) is 54.1 Å². The highest BCUT2D eigenvalue weighted by Crippen LogP contribution is 2.22. The summed E-state index contributed by atoms with van der Waals surface area (Å²) in [6.07, 6.45) is -0.0525. The van der Waals surface area contributed by atoms with Crippen molar-refractivity contribution in [2.75, 3.05) is 0 Å². The van der Waals surface area contributed by atoms with E-state index in [1.165, 1.54) is 12.1 Å². The van der Waals surface area contributed by atoms with Crippen LogP contribution in [0.3, 0.4) is 0 Å². The van der Waals surface area contributed by atoms with Gasteiger partial charge in [0, 0.05) is 0 Å². The molecule has 0 heterocycles. The van der Waals surface area contributed by atoms with Crippen molar-refractivity contribution in [1.82, 2.24) is 0 Å². The fourth-order valence-electron chi connectivity index (χ4n) is 1.87. The number of carbonyl (C=O) groups is 1. The predicted molar refractivity (Wildman–Crippen MR) is 74.6 cm³/mol. The summed E-state index contributed by atoms with van der Waals surface area (Å²) in [5, 5.41) is 13.8. The topological polar surface area (TPSA) is 97.5 Å². The van der Waals surface area contributed by atoms with Crippen molar-refractivity contribution >= 4 is 16.0 Å². The average molecular weight is 291 g/mol. The second kappa shape index (κ2) is 5.44. The Kier molecular flexibility index (Phi) is 3.87. The zero-order chi connectivity index (χ0) is 14.8. The third-order valence-electron chi connectivity index (χ3n) is 2.80. The number of sulfonamides is 1. The lowest BCUT2D eigenvalue weighted by Gasteiger charge is -2.05. The van der Waals surface area contributed by atoms with Gasteiger partial charge in [0.15, 0.2) is 0 Å². The Morgan fingerprint density at radius 1 is 1.05 bits per heavy atom. The SMILES string of the molecule is NS(=O)(=O)c1ccc(-c2cccc(CC(=O)O)c2)cc1. The number of aliphatic carboxylic acids is 1. The fourth-order valence-corrected chi connectivity index (χ4v) is 2.39. The van der Waals surface area contributed by atoms with E-state index in [-0.39, 0.29) is 11.3 Å². The van der Waals surface area contributed by atoms with Crippen LogP contribution in [0.4, 0.5) is 0 Å². The molecule has 0 fully saturated rings. The molecule has 20 heavy (non-hydrogen) atoms. The number of rotatable bonds is 4. The molecule has 0 saturated carbocycles. The average Bonchev–Trinajstić information content (AvgIpc) is 2.37. The van der Waals surface area contributed by atoms with E-state index in [2.05, 4.69) is 0 Å². The number of primary sulfonamides is 1. The second-order valence-electron chi connectivity index (χ2n) is 4.34. The molecule has 5 nitrogen and oxygen atoms in total. The molecule has 0 amide bonds. The molecule has 0 radical (unpaired) electrons. The Labute approximate surface area is 116 Å². The zero-order valence-corrected chi connectivity index (χ0v) is 11.3. The minimum Gasteiger partial charge on any atom is -0.481 e. The Morgan fingerprint density at radius 3 is 2.25 bits per heavy atom.